The van der Waals surface area contributed by atoms with E-state index in [1.807, 2.05) is 6.26 Å². The zero-order valence-corrected chi connectivity index (χ0v) is 11.3. The van der Waals surface area contributed by atoms with Crippen LogP contribution in [0.1, 0.15) is 6.42 Å². The van der Waals surface area contributed by atoms with E-state index in [0.29, 0.717) is 16.4 Å². The van der Waals surface area contributed by atoms with Crippen molar-refractivity contribution in [3.8, 4) is 0 Å². The Morgan fingerprint density at radius 2 is 2.38 bits per heavy atom. The summed E-state index contributed by atoms with van der Waals surface area (Å²) < 4.78 is 0. The van der Waals surface area contributed by atoms with Crippen LogP contribution in [0.5, 0.6) is 0 Å². The summed E-state index contributed by atoms with van der Waals surface area (Å²) in [5, 5.41) is 7.83. The van der Waals surface area contributed by atoms with Gasteiger partial charge in [-0.25, -0.2) is 9.97 Å². The third-order valence-corrected chi connectivity index (χ3v) is 3.01. The number of nitrogens with zero attached hydrogens (tertiary/aromatic N) is 2. The molecule has 7 heteroatoms. The first-order chi connectivity index (χ1) is 7.28. The molecule has 16 heavy (non-hydrogen) atoms. The minimum Gasteiger partial charge on any atom is -0.366 e. The van der Waals surface area contributed by atoms with Crippen molar-refractivity contribution in [3.05, 3.63) is 11.2 Å². The number of rotatable bonds is 3. The van der Waals surface area contributed by atoms with Gasteiger partial charge in [-0.15, -0.1) is 12.4 Å². The highest BCUT2D eigenvalue weighted by Crippen LogP contribution is 2.18. The van der Waals surface area contributed by atoms with E-state index in [9.17, 15) is 0 Å². The molecule has 1 aliphatic heterocycles. The van der Waals surface area contributed by atoms with Crippen LogP contribution in [0, 0.1) is 0 Å². The second-order valence-electron chi connectivity index (χ2n) is 3.40. The Hall–Kier alpha value is -0.230. The highest BCUT2D eigenvalue weighted by molar-refractivity contribution is 7.98. The van der Waals surface area contributed by atoms with Gasteiger partial charge in [0.15, 0.2) is 5.16 Å². The Morgan fingerprint density at radius 1 is 1.56 bits per heavy atom. The van der Waals surface area contributed by atoms with Crippen LogP contribution in [0.2, 0.25) is 5.15 Å². The second-order valence-corrected chi connectivity index (χ2v) is 4.56. The van der Waals surface area contributed by atoms with Crippen molar-refractivity contribution in [2.45, 2.75) is 17.6 Å². The summed E-state index contributed by atoms with van der Waals surface area (Å²) in [7, 11) is 0. The van der Waals surface area contributed by atoms with Gasteiger partial charge in [-0.3, -0.25) is 0 Å². The van der Waals surface area contributed by atoms with Crippen molar-refractivity contribution >= 4 is 41.6 Å². The molecule has 0 bridgehead atoms. The first-order valence-corrected chi connectivity index (χ1v) is 6.44. The predicted molar refractivity (Wildman–Crippen MR) is 71.0 cm³/mol. The van der Waals surface area contributed by atoms with Crippen LogP contribution < -0.4 is 10.6 Å². The number of anilines is 1. The fourth-order valence-electron chi connectivity index (χ4n) is 1.55. The van der Waals surface area contributed by atoms with Crippen molar-refractivity contribution in [2.75, 3.05) is 24.7 Å². The van der Waals surface area contributed by atoms with Gasteiger partial charge in [-0.05, 0) is 19.2 Å². The number of hydrogen-bond acceptors (Lipinski definition) is 5. The Balaban J connectivity index is 0.00000128. The van der Waals surface area contributed by atoms with E-state index < -0.39 is 0 Å². The Morgan fingerprint density at radius 3 is 3.00 bits per heavy atom. The lowest BCUT2D eigenvalue weighted by Crippen LogP contribution is -2.22. The number of thioether (sulfide) groups is 1. The summed E-state index contributed by atoms with van der Waals surface area (Å²) in [5.74, 6) is 0.813. The standard InChI is InChI=1S/C9H13ClN4S.ClH/c1-15-9-13-7(10)4-8(14-9)12-6-2-3-11-5-6;/h4,6,11H,2-3,5H2,1H3,(H,12,13,14);1H. The number of aromatic nitrogens is 2. The zero-order valence-electron chi connectivity index (χ0n) is 8.86. The Labute approximate surface area is 110 Å². The fraction of sp³-hybridized carbons (Fsp3) is 0.556. The molecule has 2 N–H and O–H groups in total. The Kier molecular flexibility index (Phi) is 5.61. The molecule has 90 valence electrons. The summed E-state index contributed by atoms with van der Waals surface area (Å²) >= 11 is 7.39. The van der Waals surface area contributed by atoms with Gasteiger partial charge in [-0.1, -0.05) is 23.4 Å². The molecular weight excluding hydrogens is 267 g/mol. The molecule has 0 spiro atoms. The topological polar surface area (TPSA) is 49.8 Å². The monoisotopic (exact) mass is 280 g/mol. The molecule has 0 saturated carbocycles. The molecule has 2 heterocycles. The maximum Gasteiger partial charge on any atom is 0.190 e. The van der Waals surface area contributed by atoms with E-state index in [-0.39, 0.29) is 12.4 Å². The lowest BCUT2D eigenvalue weighted by atomic mass is 10.2. The van der Waals surface area contributed by atoms with Crippen molar-refractivity contribution in [1.29, 1.82) is 0 Å². The zero-order chi connectivity index (χ0) is 10.7. The average Bonchev–Trinajstić information content (AvgIpc) is 2.69. The van der Waals surface area contributed by atoms with Gasteiger partial charge >= 0.3 is 0 Å². The summed E-state index contributed by atoms with van der Waals surface area (Å²) in [6.07, 6.45) is 3.06. The molecule has 1 aromatic heterocycles. The molecule has 0 aliphatic carbocycles. The van der Waals surface area contributed by atoms with Gasteiger partial charge in [0, 0.05) is 18.7 Å². The average molecular weight is 281 g/mol. The molecule has 1 saturated heterocycles. The van der Waals surface area contributed by atoms with Gasteiger partial charge in [0.05, 0.1) is 0 Å². The molecule has 1 unspecified atom stereocenters. The summed E-state index contributed by atoms with van der Waals surface area (Å²) in [5.41, 5.74) is 0. The van der Waals surface area contributed by atoms with Crippen LogP contribution in [-0.2, 0) is 0 Å². The molecule has 4 nitrogen and oxygen atoms in total. The van der Waals surface area contributed by atoms with E-state index in [0.717, 1.165) is 25.3 Å². The van der Waals surface area contributed by atoms with Crippen LogP contribution in [0.4, 0.5) is 5.82 Å². The molecular formula is C9H14Cl2N4S. The molecule has 0 aromatic carbocycles. The summed E-state index contributed by atoms with van der Waals surface area (Å²) in [4.78, 5) is 8.43. The molecule has 1 aromatic rings. The molecule has 1 aliphatic rings. The minimum atomic E-state index is 0. The Bertz CT molecular complexity index is 344. The van der Waals surface area contributed by atoms with Crippen molar-refractivity contribution in [1.82, 2.24) is 15.3 Å². The van der Waals surface area contributed by atoms with Crippen LogP contribution in [0.25, 0.3) is 0 Å². The van der Waals surface area contributed by atoms with Crippen LogP contribution in [0.3, 0.4) is 0 Å². The maximum atomic E-state index is 5.89. The van der Waals surface area contributed by atoms with Gasteiger partial charge in [0.25, 0.3) is 0 Å². The van der Waals surface area contributed by atoms with Crippen LogP contribution in [0.15, 0.2) is 11.2 Å². The molecule has 0 radical (unpaired) electrons. The van der Waals surface area contributed by atoms with Crippen LogP contribution >= 0.6 is 35.8 Å². The van der Waals surface area contributed by atoms with E-state index in [2.05, 4.69) is 20.6 Å². The fourth-order valence-corrected chi connectivity index (χ4v) is 2.16. The predicted octanol–water partition coefficient (Wildman–Crippen LogP) is 2.05. The first kappa shape index (κ1) is 13.8. The van der Waals surface area contributed by atoms with Crippen molar-refractivity contribution < 1.29 is 0 Å². The first-order valence-electron chi connectivity index (χ1n) is 4.84. The van der Waals surface area contributed by atoms with Gasteiger partial charge in [-0.2, -0.15) is 0 Å². The molecule has 1 atom stereocenters. The lowest BCUT2D eigenvalue weighted by molar-refractivity contribution is 0.781. The third-order valence-electron chi connectivity index (χ3n) is 2.27. The second kappa shape index (κ2) is 6.49. The van der Waals surface area contributed by atoms with E-state index in [1.165, 1.54) is 11.8 Å². The summed E-state index contributed by atoms with van der Waals surface area (Å²) in [6.45, 7) is 2.04. The van der Waals surface area contributed by atoms with Crippen molar-refractivity contribution in [3.63, 3.8) is 0 Å². The van der Waals surface area contributed by atoms with E-state index in [4.69, 9.17) is 11.6 Å². The third kappa shape index (κ3) is 3.66. The normalized spacial score (nSPS) is 19.2. The number of halogens is 2. The van der Waals surface area contributed by atoms with Gasteiger partial charge in [0.2, 0.25) is 0 Å². The quantitative estimate of drug-likeness (QED) is 0.504. The van der Waals surface area contributed by atoms with Crippen molar-refractivity contribution in [2.24, 2.45) is 0 Å². The highest BCUT2D eigenvalue weighted by atomic mass is 35.5. The number of nitrogens with one attached hydrogen (secondary N) is 2. The highest BCUT2D eigenvalue weighted by Gasteiger charge is 2.14. The minimum absolute atomic E-state index is 0. The van der Waals surface area contributed by atoms with Gasteiger partial charge in [0.1, 0.15) is 11.0 Å². The van der Waals surface area contributed by atoms with E-state index >= 15 is 0 Å². The SMILES string of the molecule is CSc1nc(Cl)cc(NC2CCNC2)n1.Cl. The van der Waals surface area contributed by atoms with E-state index in [1.54, 1.807) is 6.07 Å². The lowest BCUT2D eigenvalue weighted by Gasteiger charge is -2.12. The molecule has 0 amide bonds. The summed E-state index contributed by atoms with van der Waals surface area (Å²) in [6, 6.07) is 2.21. The largest absolute Gasteiger partial charge is 0.366 e. The molecule has 1 fully saturated rings. The maximum absolute atomic E-state index is 5.89. The number of hydrogen-bond donors (Lipinski definition) is 2. The smallest absolute Gasteiger partial charge is 0.190 e. The van der Waals surface area contributed by atoms with Gasteiger partial charge < -0.3 is 10.6 Å². The molecule has 2 rings (SSSR count). The van der Waals surface area contributed by atoms with Crippen LogP contribution in [-0.4, -0.2) is 35.4 Å².